The Balaban J connectivity index is 2.36. The third-order valence-electron chi connectivity index (χ3n) is 2.28. The molecule has 1 aliphatic rings. The molecule has 0 amide bonds. The lowest BCUT2D eigenvalue weighted by molar-refractivity contribution is 0.230. The molecule has 1 aliphatic heterocycles. The first kappa shape index (κ1) is 8.60. The standard InChI is InChI=1S/C10H16N2O/c1-10(2,3)8-7-12-5-4-6-13-9(12)11-8/h7H,4-6H2,1-3H3. The van der Waals surface area contributed by atoms with Gasteiger partial charge in [-0.3, -0.25) is 0 Å². The van der Waals surface area contributed by atoms with E-state index >= 15 is 0 Å². The minimum atomic E-state index is 0.119. The number of rotatable bonds is 0. The molecule has 0 bridgehead atoms. The van der Waals surface area contributed by atoms with Crippen molar-refractivity contribution in [2.45, 2.75) is 39.2 Å². The van der Waals surface area contributed by atoms with Gasteiger partial charge in [0.05, 0.1) is 12.3 Å². The van der Waals surface area contributed by atoms with Gasteiger partial charge in [0.25, 0.3) is 6.01 Å². The fourth-order valence-electron chi connectivity index (χ4n) is 1.43. The number of aromatic nitrogens is 2. The van der Waals surface area contributed by atoms with Gasteiger partial charge >= 0.3 is 0 Å². The maximum Gasteiger partial charge on any atom is 0.296 e. The Labute approximate surface area is 78.7 Å². The summed E-state index contributed by atoms with van der Waals surface area (Å²) in [5.41, 5.74) is 1.23. The monoisotopic (exact) mass is 180 g/mol. The zero-order valence-corrected chi connectivity index (χ0v) is 8.50. The summed E-state index contributed by atoms with van der Waals surface area (Å²) in [6.45, 7) is 8.35. The molecule has 0 atom stereocenters. The maximum absolute atomic E-state index is 5.45. The SMILES string of the molecule is CC(C)(C)c1cn2c(n1)OCCC2. The lowest BCUT2D eigenvalue weighted by Gasteiger charge is -2.13. The Morgan fingerprint density at radius 3 is 2.85 bits per heavy atom. The van der Waals surface area contributed by atoms with Crippen LogP contribution in [-0.4, -0.2) is 16.2 Å². The van der Waals surface area contributed by atoms with Crippen molar-refractivity contribution in [1.82, 2.24) is 9.55 Å². The van der Waals surface area contributed by atoms with Gasteiger partial charge in [0.1, 0.15) is 0 Å². The van der Waals surface area contributed by atoms with Crippen molar-refractivity contribution in [3.05, 3.63) is 11.9 Å². The van der Waals surface area contributed by atoms with E-state index in [0.717, 1.165) is 31.3 Å². The zero-order valence-electron chi connectivity index (χ0n) is 8.50. The van der Waals surface area contributed by atoms with E-state index in [2.05, 4.69) is 36.5 Å². The molecule has 0 aliphatic carbocycles. The van der Waals surface area contributed by atoms with Crippen LogP contribution >= 0.6 is 0 Å². The average molecular weight is 180 g/mol. The summed E-state index contributed by atoms with van der Waals surface area (Å²) in [5, 5.41) is 0. The maximum atomic E-state index is 5.45. The molecule has 3 nitrogen and oxygen atoms in total. The third kappa shape index (κ3) is 1.55. The molecule has 0 radical (unpaired) electrons. The molecule has 13 heavy (non-hydrogen) atoms. The summed E-state index contributed by atoms with van der Waals surface area (Å²) in [5.74, 6) is 0. The molecule has 2 heterocycles. The predicted molar refractivity (Wildman–Crippen MR) is 51.0 cm³/mol. The van der Waals surface area contributed by atoms with Crippen molar-refractivity contribution in [3.63, 3.8) is 0 Å². The van der Waals surface area contributed by atoms with Crippen LogP contribution < -0.4 is 4.74 Å². The Morgan fingerprint density at radius 2 is 2.23 bits per heavy atom. The normalized spacial score (nSPS) is 16.5. The van der Waals surface area contributed by atoms with Gasteiger partial charge < -0.3 is 9.30 Å². The Hall–Kier alpha value is -0.990. The van der Waals surface area contributed by atoms with E-state index in [1.54, 1.807) is 0 Å². The molecule has 0 fully saturated rings. The lowest BCUT2D eigenvalue weighted by atomic mass is 9.93. The summed E-state index contributed by atoms with van der Waals surface area (Å²) in [6, 6.07) is 0.788. The Kier molecular flexibility index (Phi) is 1.82. The van der Waals surface area contributed by atoms with E-state index in [0.29, 0.717) is 0 Å². The van der Waals surface area contributed by atoms with Crippen molar-refractivity contribution < 1.29 is 4.74 Å². The Bertz CT molecular complexity index is 286. The summed E-state index contributed by atoms with van der Waals surface area (Å²) < 4.78 is 7.55. The fraction of sp³-hybridized carbons (Fsp3) is 0.700. The highest BCUT2D eigenvalue weighted by molar-refractivity contribution is 5.16. The summed E-state index contributed by atoms with van der Waals surface area (Å²) >= 11 is 0. The van der Waals surface area contributed by atoms with Crippen LogP contribution in [0.15, 0.2) is 6.20 Å². The number of imidazole rings is 1. The highest BCUT2D eigenvalue weighted by Crippen LogP contribution is 2.25. The first-order valence-corrected chi connectivity index (χ1v) is 4.78. The molecule has 0 saturated heterocycles. The van der Waals surface area contributed by atoms with Crippen molar-refractivity contribution in [1.29, 1.82) is 0 Å². The number of nitrogens with zero attached hydrogens (tertiary/aromatic N) is 2. The van der Waals surface area contributed by atoms with Gasteiger partial charge in [-0.05, 0) is 6.42 Å². The second kappa shape index (κ2) is 2.76. The Morgan fingerprint density at radius 1 is 1.46 bits per heavy atom. The van der Waals surface area contributed by atoms with Crippen LogP contribution in [0.1, 0.15) is 32.9 Å². The lowest BCUT2D eigenvalue weighted by Crippen LogP contribution is -2.13. The minimum absolute atomic E-state index is 0.119. The zero-order chi connectivity index (χ0) is 9.47. The van der Waals surface area contributed by atoms with Crippen LogP contribution in [0.3, 0.4) is 0 Å². The molecule has 0 aromatic carbocycles. The first-order valence-electron chi connectivity index (χ1n) is 4.78. The van der Waals surface area contributed by atoms with Gasteiger partial charge in [-0.25, -0.2) is 0 Å². The topological polar surface area (TPSA) is 27.1 Å². The molecular formula is C10H16N2O. The van der Waals surface area contributed by atoms with E-state index in [-0.39, 0.29) is 5.41 Å². The average Bonchev–Trinajstić information content (AvgIpc) is 2.45. The molecule has 2 rings (SSSR count). The van der Waals surface area contributed by atoms with Crippen LogP contribution in [-0.2, 0) is 12.0 Å². The first-order chi connectivity index (χ1) is 6.07. The summed E-state index contributed by atoms with van der Waals surface area (Å²) in [6.07, 6.45) is 3.20. The number of aryl methyl sites for hydroxylation is 1. The molecule has 0 spiro atoms. The van der Waals surface area contributed by atoms with Crippen LogP contribution in [0.5, 0.6) is 6.01 Å². The van der Waals surface area contributed by atoms with Gasteiger partial charge in [-0.15, -0.1) is 0 Å². The van der Waals surface area contributed by atoms with E-state index in [1.807, 2.05) is 0 Å². The molecule has 0 N–H and O–H groups in total. The van der Waals surface area contributed by atoms with Crippen LogP contribution in [0, 0.1) is 0 Å². The predicted octanol–water partition coefficient (Wildman–Crippen LogP) is 1.96. The molecule has 1 aromatic rings. The summed E-state index contributed by atoms with van der Waals surface area (Å²) in [4.78, 5) is 4.46. The van der Waals surface area contributed by atoms with Gasteiger partial charge in [0.2, 0.25) is 0 Å². The second-order valence-electron chi connectivity index (χ2n) is 4.55. The van der Waals surface area contributed by atoms with E-state index < -0.39 is 0 Å². The summed E-state index contributed by atoms with van der Waals surface area (Å²) in [7, 11) is 0. The van der Waals surface area contributed by atoms with Gasteiger partial charge in [-0.1, -0.05) is 20.8 Å². The molecule has 72 valence electrons. The highest BCUT2D eigenvalue weighted by Gasteiger charge is 2.21. The van der Waals surface area contributed by atoms with Gasteiger partial charge in [0.15, 0.2) is 0 Å². The number of hydrogen-bond acceptors (Lipinski definition) is 2. The quantitative estimate of drug-likeness (QED) is 0.610. The van der Waals surface area contributed by atoms with Crippen LogP contribution in [0.4, 0.5) is 0 Å². The molecule has 1 aromatic heterocycles. The van der Waals surface area contributed by atoms with Crippen molar-refractivity contribution in [3.8, 4) is 6.01 Å². The van der Waals surface area contributed by atoms with Crippen molar-refractivity contribution in [2.24, 2.45) is 0 Å². The van der Waals surface area contributed by atoms with E-state index in [1.165, 1.54) is 0 Å². The molecule has 0 saturated carbocycles. The van der Waals surface area contributed by atoms with E-state index in [4.69, 9.17) is 4.74 Å². The third-order valence-corrected chi connectivity index (χ3v) is 2.28. The minimum Gasteiger partial charge on any atom is -0.465 e. The van der Waals surface area contributed by atoms with Crippen molar-refractivity contribution >= 4 is 0 Å². The van der Waals surface area contributed by atoms with Crippen LogP contribution in [0.2, 0.25) is 0 Å². The number of fused-ring (bicyclic) bond motifs is 1. The molecule has 0 unspecified atom stereocenters. The molecular weight excluding hydrogens is 164 g/mol. The second-order valence-corrected chi connectivity index (χ2v) is 4.55. The fourth-order valence-corrected chi connectivity index (χ4v) is 1.43. The largest absolute Gasteiger partial charge is 0.465 e. The van der Waals surface area contributed by atoms with Crippen LogP contribution in [0.25, 0.3) is 0 Å². The van der Waals surface area contributed by atoms with Gasteiger partial charge in [-0.2, -0.15) is 4.98 Å². The smallest absolute Gasteiger partial charge is 0.296 e. The highest BCUT2D eigenvalue weighted by atomic mass is 16.5. The van der Waals surface area contributed by atoms with Gasteiger partial charge in [0, 0.05) is 18.2 Å². The number of hydrogen-bond donors (Lipinski definition) is 0. The van der Waals surface area contributed by atoms with E-state index in [9.17, 15) is 0 Å². The molecule has 3 heteroatoms. The van der Waals surface area contributed by atoms with Crippen molar-refractivity contribution in [2.75, 3.05) is 6.61 Å². The number of ether oxygens (including phenoxy) is 1.